The van der Waals surface area contributed by atoms with Crippen LogP contribution in [0.4, 0.5) is 0 Å². The van der Waals surface area contributed by atoms with E-state index in [0.29, 0.717) is 12.1 Å². The summed E-state index contributed by atoms with van der Waals surface area (Å²) in [5.41, 5.74) is 4.69. The summed E-state index contributed by atoms with van der Waals surface area (Å²) in [5.74, 6) is 1.52. The van der Waals surface area contributed by atoms with Gasteiger partial charge in [-0.2, -0.15) is 13.1 Å². The smallest absolute Gasteiger partial charge is 0.333 e. The van der Waals surface area contributed by atoms with Gasteiger partial charge < -0.3 is 19.7 Å². The molecule has 2 aliphatic carbocycles. The standard InChI is InChI=1S/C23H29N5S.C6H13NO3S/c1-26-14-9-25-23(26)29-17-16-27-11-6-19(7-12-27)21-20-5-3-2-4-18(20)8-13-28-15-10-24-22(21)28;8-11(9,10)7-6-4-2-1-3-5-6/h2-5,8-10,14-15,20,22,24H,6-7,11-13,16-17H2,1H3;6-7H,1-5H2,(H,8,9,10). The van der Waals surface area contributed by atoms with E-state index in [1.165, 1.54) is 24.8 Å². The minimum Gasteiger partial charge on any atom is -0.366 e. The molecule has 2 atom stereocenters. The molecule has 0 spiro atoms. The van der Waals surface area contributed by atoms with Crippen LogP contribution in [-0.4, -0.2) is 76.5 Å². The van der Waals surface area contributed by atoms with Crippen LogP contribution < -0.4 is 10.0 Å². The summed E-state index contributed by atoms with van der Waals surface area (Å²) < 4.78 is 33.4. The lowest BCUT2D eigenvalue weighted by Gasteiger charge is -2.35. The molecule has 1 aromatic rings. The topological polar surface area (TPSA) is 103 Å². The Morgan fingerprint density at radius 3 is 2.70 bits per heavy atom. The number of likely N-dealkylation sites (tertiary alicyclic amines) is 1. The molecule has 2 fully saturated rings. The molecule has 1 saturated carbocycles. The van der Waals surface area contributed by atoms with Crippen molar-refractivity contribution in [3.63, 3.8) is 0 Å². The predicted molar refractivity (Wildman–Crippen MR) is 161 cm³/mol. The second-order valence-electron chi connectivity index (χ2n) is 11.0. The third-order valence-corrected chi connectivity index (χ3v) is 9.96. The first-order valence-corrected chi connectivity index (χ1v) is 16.8. The minimum atomic E-state index is -3.97. The number of allylic oxidation sites excluding steroid dienone is 5. The van der Waals surface area contributed by atoms with Crippen molar-refractivity contribution in [1.82, 2.24) is 29.4 Å². The van der Waals surface area contributed by atoms with Crippen LogP contribution in [0, 0.1) is 5.92 Å². The van der Waals surface area contributed by atoms with E-state index in [1.807, 2.05) is 24.2 Å². The van der Waals surface area contributed by atoms with E-state index in [1.54, 1.807) is 11.1 Å². The van der Waals surface area contributed by atoms with E-state index in [2.05, 4.69) is 79.2 Å². The van der Waals surface area contributed by atoms with Gasteiger partial charge in [0.15, 0.2) is 5.16 Å². The molecule has 1 aromatic heterocycles. The van der Waals surface area contributed by atoms with Crippen LogP contribution in [0.1, 0.15) is 44.9 Å². The zero-order chi connectivity index (χ0) is 28.0. The van der Waals surface area contributed by atoms with Crippen LogP contribution in [0.2, 0.25) is 0 Å². The molecule has 1 saturated heterocycles. The van der Waals surface area contributed by atoms with Crippen molar-refractivity contribution in [3.05, 3.63) is 71.9 Å². The van der Waals surface area contributed by atoms with Crippen molar-refractivity contribution >= 4 is 22.1 Å². The zero-order valence-electron chi connectivity index (χ0n) is 23.3. The maximum atomic E-state index is 10.3. The third kappa shape index (κ3) is 7.70. The number of fused-ring (bicyclic) bond motifs is 2. The molecule has 0 aromatic carbocycles. The number of aromatic nitrogens is 2. The Bertz CT molecular complexity index is 1270. The monoisotopic (exact) mass is 586 g/mol. The SMILES string of the molecule is Cn1ccnc1SCCN1CCC(=C2C3C=CC=CC3=CCN3C=CNC23)CC1.O=S(=O)(O)NC1CCCCC1. The predicted octanol–water partition coefficient (Wildman–Crippen LogP) is 4.00. The van der Waals surface area contributed by atoms with Gasteiger partial charge in [0.05, 0.1) is 0 Å². The molecule has 3 N–H and O–H groups in total. The van der Waals surface area contributed by atoms with Gasteiger partial charge in [0.1, 0.15) is 6.17 Å². The first-order chi connectivity index (χ1) is 19.4. The highest BCUT2D eigenvalue weighted by molar-refractivity contribution is 7.99. The van der Waals surface area contributed by atoms with Gasteiger partial charge in [-0.15, -0.1) is 0 Å². The third-order valence-electron chi connectivity index (χ3n) is 8.29. The van der Waals surface area contributed by atoms with E-state index in [0.717, 1.165) is 62.8 Å². The summed E-state index contributed by atoms with van der Waals surface area (Å²) in [7, 11) is -1.91. The van der Waals surface area contributed by atoms with Crippen LogP contribution in [0.15, 0.2) is 77.0 Å². The molecule has 218 valence electrons. The molecule has 5 aliphatic rings. The Morgan fingerprint density at radius 2 is 1.98 bits per heavy atom. The number of imidazole rings is 1. The molecule has 0 bridgehead atoms. The lowest BCUT2D eigenvalue weighted by molar-refractivity contribution is 0.265. The summed E-state index contributed by atoms with van der Waals surface area (Å²) >= 11 is 1.86. The van der Waals surface area contributed by atoms with Gasteiger partial charge in [-0.3, -0.25) is 4.55 Å². The molecule has 2 unspecified atom stereocenters. The second kappa shape index (κ2) is 13.6. The fourth-order valence-electron chi connectivity index (χ4n) is 6.20. The molecule has 0 radical (unpaired) electrons. The fraction of sp³-hybridized carbons (Fsp3) is 0.552. The van der Waals surface area contributed by atoms with Crippen LogP contribution in [0.3, 0.4) is 0 Å². The second-order valence-corrected chi connectivity index (χ2v) is 13.3. The summed E-state index contributed by atoms with van der Waals surface area (Å²) in [6, 6.07) is -0.0428. The molecule has 0 amide bonds. The number of nitrogens with zero attached hydrogens (tertiary/aromatic N) is 4. The number of piperidine rings is 1. The number of rotatable bonds is 6. The number of aryl methyl sites for hydroxylation is 1. The van der Waals surface area contributed by atoms with Crippen molar-refractivity contribution in [2.45, 2.75) is 62.3 Å². The fourth-order valence-corrected chi connectivity index (χ4v) is 7.79. The van der Waals surface area contributed by atoms with Gasteiger partial charge in [0.2, 0.25) is 0 Å². The molecule has 3 aliphatic heterocycles. The highest BCUT2D eigenvalue weighted by atomic mass is 32.2. The van der Waals surface area contributed by atoms with Gasteiger partial charge >= 0.3 is 10.3 Å². The largest absolute Gasteiger partial charge is 0.366 e. The van der Waals surface area contributed by atoms with Crippen molar-refractivity contribution in [2.75, 3.05) is 31.9 Å². The summed E-state index contributed by atoms with van der Waals surface area (Å²) in [5, 5.41) is 4.73. The van der Waals surface area contributed by atoms with Gasteiger partial charge in [0, 0.05) is 75.7 Å². The first kappa shape index (κ1) is 29.2. The van der Waals surface area contributed by atoms with Gasteiger partial charge in [-0.1, -0.05) is 67.0 Å². The summed E-state index contributed by atoms with van der Waals surface area (Å²) in [4.78, 5) is 9.46. The van der Waals surface area contributed by atoms with Gasteiger partial charge in [0.25, 0.3) is 0 Å². The average molecular weight is 587 g/mol. The van der Waals surface area contributed by atoms with Gasteiger partial charge in [-0.25, -0.2) is 4.98 Å². The van der Waals surface area contributed by atoms with E-state index in [4.69, 9.17) is 4.55 Å². The zero-order valence-corrected chi connectivity index (χ0v) is 24.9. The summed E-state index contributed by atoms with van der Waals surface area (Å²) in [6.07, 6.45) is 27.3. The number of hydrogen-bond acceptors (Lipinski definition) is 7. The first-order valence-electron chi connectivity index (χ1n) is 14.4. The molecule has 11 heteroatoms. The van der Waals surface area contributed by atoms with E-state index in [-0.39, 0.29) is 6.04 Å². The van der Waals surface area contributed by atoms with E-state index < -0.39 is 10.3 Å². The van der Waals surface area contributed by atoms with Crippen molar-refractivity contribution in [2.24, 2.45) is 13.0 Å². The van der Waals surface area contributed by atoms with Crippen molar-refractivity contribution in [1.29, 1.82) is 0 Å². The lowest BCUT2D eigenvalue weighted by Crippen LogP contribution is -2.40. The van der Waals surface area contributed by atoms with Gasteiger partial charge in [-0.05, 0) is 36.8 Å². The highest BCUT2D eigenvalue weighted by Crippen LogP contribution is 2.38. The number of hydrogen-bond donors (Lipinski definition) is 3. The Morgan fingerprint density at radius 1 is 1.18 bits per heavy atom. The van der Waals surface area contributed by atoms with Crippen LogP contribution in [0.5, 0.6) is 0 Å². The molecular weight excluding hydrogens is 544 g/mol. The maximum absolute atomic E-state index is 10.3. The number of nitrogens with one attached hydrogen (secondary N) is 2. The number of thioether (sulfide) groups is 1. The van der Waals surface area contributed by atoms with E-state index >= 15 is 0 Å². The summed E-state index contributed by atoms with van der Waals surface area (Å²) in [6.45, 7) is 4.43. The van der Waals surface area contributed by atoms with Crippen molar-refractivity contribution < 1.29 is 13.0 Å². The molecule has 6 rings (SSSR count). The normalized spacial score (nSPS) is 25.1. The Labute approximate surface area is 243 Å². The highest BCUT2D eigenvalue weighted by Gasteiger charge is 2.34. The minimum absolute atomic E-state index is 0.0428. The van der Waals surface area contributed by atoms with E-state index in [9.17, 15) is 8.42 Å². The molecule has 9 nitrogen and oxygen atoms in total. The Balaban J connectivity index is 0.000000248. The molecule has 40 heavy (non-hydrogen) atoms. The van der Waals surface area contributed by atoms with Crippen LogP contribution in [0.25, 0.3) is 0 Å². The Kier molecular flexibility index (Phi) is 9.90. The lowest BCUT2D eigenvalue weighted by atomic mass is 9.81. The molecular formula is C29H42N6O3S2. The maximum Gasteiger partial charge on any atom is 0.333 e. The Hall–Kier alpha value is -2.31. The van der Waals surface area contributed by atoms with Crippen LogP contribution in [-0.2, 0) is 17.4 Å². The van der Waals surface area contributed by atoms with Crippen molar-refractivity contribution in [3.8, 4) is 0 Å². The average Bonchev–Trinajstić information content (AvgIpc) is 3.54. The quantitative estimate of drug-likeness (QED) is 0.261. The van der Waals surface area contributed by atoms with Crippen LogP contribution >= 0.6 is 11.8 Å². The molecule has 4 heterocycles.